The molecule has 1 heterocycles. The van der Waals surface area contributed by atoms with E-state index in [1.54, 1.807) is 0 Å². The van der Waals surface area contributed by atoms with Crippen LogP contribution in [0.15, 0.2) is 60.7 Å². The van der Waals surface area contributed by atoms with Crippen molar-refractivity contribution in [1.29, 1.82) is 0 Å². The Morgan fingerprint density at radius 1 is 0.906 bits per heavy atom. The summed E-state index contributed by atoms with van der Waals surface area (Å²) in [6.45, 7) is 0.410. The summed E-state index contributed by atoms with van der Waals surface area (Å²) in [5.74, 6) is 0.800. The van der Waals surface area contributed by atoms with E-state index in [4.69, 9.17) is 9.47 Å². The zero-order chi connectivity index (χ0) is 22.2. The van der Waals surface area contributed by atoms with E-state index in [9.17, 15) is 4.79 Å². The Hall–Kier alpha value is -2.88. The van der Waals surface area contributed by atoms with Gasteiger partial charge in [0.1, 0.15) is 12.4 Å². The van der Waals surface area contributed by atoms with E-state index in [-0.39, 0.29) is 11.9 Å². The molecule has 3 aromatic rings. The monoisotopic (exact) mass is 431 g/mol. The number of methoxy groups -OCH3 is 1. The number of para-hydroxylation sites is 1. The molecule has 1 saturated carbocycles. The average Bonchev–Trinajstić information content (AvgIpc) is 2.98. The van der Waals surface area contributed by atoms with Crippen molar-refractivity contribution < 1.29 is 14.3 Å². The SMILES string of the molecule is COC(=O)C(c1ccc(OCc2ccc3ccccc3n2)cc1)C1CCCCCCCC1. The summed E-state index contributed by atoms with van der Waals surface area (Å²) < 4.78 is 11.2. The Bertz CT molecular complexity index is 1000. The quantitative estimate of drug-likeness (QED) is 0.402. The minimum absolute atomic E-state index is 0.122. The Labute approximate surface area is 191 Å². The van der Waals surface area contributed by atoms with Gasteiger partial charge in [0.15, 0.2) is 0 Å². The van der Waals surface area contributed by atoms with Crippen LogP contribution in [0, 0.1) is 5.92 Å². The number of nitrogens with zero attached hydrogens (tertiary/aromatic N) is 1. The smallest absolute Gasteiger partial charge is 0.313 e. The van der Waals surface area contributed by atoms with Crippen LogP contribution in [0.2, 0.25) is 0 Å². The lowest BCUT2D eigenvalue weighted by Gasteiger charge is -2.25. The lowest BCUT2D eigenvalue weighted by atomic mass is 9.80. The fraction of sp³-hybridized carbons (Fsp3) is 0.429. The van der Waals surface area contributed by atoms with Gasteiger partial charge in [-0.05, 0) is 48.6 Å². The average molecular weight is 432 g/mol. The Morgan fingerprint density at radius 3 is 2.31 bits per heavy atom. The maximum Gasteiger partial charge on any atom is 0.313 e. The molecule has 0 N–H and O–H groups in total. The van der Waals surface area contributed by atoms with Crippen molar-refractivity contribution in [3.63, 3.8) is 0 Å². The minimum atomic E-state index is -0.200. The van der Waals surface area contributed by atoms with Gasteiger partial charge in [0.2, 0.25) is 0 Å². The van der Waals surface area contributed by atoms with Crippen LogP contribution < -0.4 is 4.74 Å². The van der Waals surface area contributed by atoms with Gasteiger partial charge in [-0.25, -0.2) is 4.98 Å². The number of carbonyl (C=O) groups excluding carboxylic acids is 1. The van der Waals surface area contributed by atoms with E-state index >= 15 is 0 Å². The van der Waals surface area contributed by atoms with Crippen LogP contribution in [0.3, 0.4) is 0 Å². The summed E-state index contributed by atoms with van der Waals surface area (Å²) in [4.78, 5) is 17.4. The van der Waals surface area contributed by atoms with Crippen LogP contribution >= 0.6 is 0 Å². The number of benzene rings is 2. The van der Waals surface area contributed by atoms with Crippen LogP contribution in [-0.4, -0.2) is 18.1 Å². The number of hydrogen-bond acceptors (Lipinski definition) is 4. The molecular formula is C28H33NO3. The number of hydrogen-bond donors (Lipinski definition) is 0. The van der Waals surface area contributed by atoms with E-state index in [1.807, 2.05) is 48.5 Å². The molecule has 1 unspecified atom stereocenters. The third kappa shape index (κ3) is 5.67. The highest BCUT2D eigenvalue weighted by Crippen LogP contribution is 2.36. The normalized spacial score (nSPS) is 16.5. The highest BCUT2D eigenvalue weighted by atomic mass is 16.5. The molecule has 4 rings (SSSR count). The van der Waals surface area contributed by atoms with Crippen molar-refractivity contribution >= 4 is 16.9 Å². The highest BCUT2D eigenvalue weighted by Gasteiger charge is 2.30. The first-order valence-electron chi connectivity index (χ1n) is 11.9. The molecule has 4 heteroatoms. The van der Waals surface area contributed by atoms with E-state index in [1.165, 1.54) is 45.6 Å². The Morgan fingerprint density at radius 2 is 1.59 bits per heavy atom. The third-order valence-electron chi connectivity index (χ3n) is 6.61. The van der Waals surface area contributed by atoms with Gasteiger partial charge in [0, 0.05) is 5.39 Å². The number of aromatic nitrogens is 1. The van der Waals surface area contributed by atoms with Crippen molar-refractivity contribution in [1.82, 2.24) is 4.98 Å². The summed E-state index contributed by atoms with van der Waals surface area (Å²) in [6, 6.07) is 20.1. The van der Waals surface area contributed by atoms with Crippen LogP contribution in [0.25, 0.3) is 10.9 Å². The van der Waals surface area contributed by atoms with E-state index in [0.29, 0.717) is 12.5 Å². The molecule has 168 valence electrons. The highest BCUT2D eigenvalue weighted by molar-refractivity contribution is 5.79. The number of rotatable bonds is 6. The summed E-state index contributed by atoms with van der Waals surface area (Å²) >= 11 is 0. The zero-order valence-electron chi connectivity index (χ0n) is 19.0. The fourth-order valence-electron chi connectivity index (χ4n) is 4.84. The number of carbonyl (C=O) groups is 1. The number of pyridine rings is 1. The molecule has 0 spiro atoms. The zero-order valence-corrected chi connectivity index (χ0v) is 19.0. The van der Waals surface area contributed by atoms with E-state index in [0.717, 1.165) is 40.8 Å². The first-order valence-corrected chi connectivity index (χ1v) is 11.9. The van der Waals surface area contributed by atoms with Gasteiger partial charge in [-0.1, -0.05) is 74.9 Å². The van der Waals surface area contributed by atoms with Crippen LogP contribution in [0.1, 0.15) is 68.5 Å². The maximum absolute atomic E-state index is 12.7. The Kier molecular flexibility index (Phi) is 7.76. The van der Waals surface area contributed by atoms with Gasteiger partial charge < -0.3 is 9.47 Å². The van der Waals surface area contributed by atoms with Gasteiger partial charge >= 0.3 is 5.97 Å². The number of fused-ring (bicyclic) bond motifs is 1. The molecule has 1 aromatic heterocycles. The van der Waals surface area contributed by atoms with Gasteiger partial charge in [0.25, 0.3) is 0 Å². The summed E-state index contributed by atoms with van der Waals surface area (Å²) in [7, 11) is 1.50. The van der Waals surface area contributed by atoms with Crippen LogP contribution in [-0.2, 0) is 16.1 Å². The molecule has 1 atom stereocenters. The summed E-state index contributed by atoms with van der Waals surface area (Å²) in [5, 5.41) is 1.12. The van der Waals surface area contributed by atoms with Crippen molar-refractivity contribution in [2.24, 2.45) is 5.92 Å². The third-order valence-corrected chi connectivity index (χ3v) is 6.61. The van der Waals surface area contributed by atoms with Crippen molar-refractivity contribution in [3.05, 3.63) is 71.9 Å². The van der Waals surface area contributed by atoms with Gasteiger partial charge in [-0.2, -0.15) is 0 Å². The van der Waals surface area contributed by atoms with E-state index < -0.39 is 0 Å². The number of ether oxygens (including phenoxy) is 2. The molecule has 0 bridgehead atoms. The molecule has 1 aliphatic rings. The largest absolute Gasteiger partial charge is 0.487 e. The molecule has 32 heavy (non-hydrogen) atoms. The van der Waals surface area contributed by atoms with E-state index in [2.05, 4.69) is 17.1 Å². The molecule has 0 aliphatic heterocycles. The first-order chi connectivity index (χ1) is 15.7. The van der Waals surface area contributed by atoms with Gasteiger partial charge in [-0.15, -0.1) is 0 Å². The predicted molar refractivity (Wildman–Crippen MR) is 128 cm³/mol. The first kappa shape index (κ1) is 22.3. The molecule has 0 saturated heterocycles. The second-order valence-corrected chi connectivity index (χ2v) is 8.81. The fourth-order valence-corrected chi connectivity index (χ4v) is 4.84. The lowest BCUT2D eigenvalue weighted by Crippen LogP contribution is -2.23. The second kappa shape index (κ2) is 11.1. The summed E-state index contributed by atoms with van der Waals surface area (Å²) in [6.07, 6.45) is 9.72. The topological polar surface area (TPSA) is 48.4 Å². The van der Waals surface area contributed by atoms with Crippen molar-refractivity contribution in [3.8, 4) is 5.75 Å². The summed E-state index contributed by atoms with van der Waals surface area (Å²) in [5.41, 5.74) is 2.89. The molecule has 4 nitrogen and oxygen atoms in total. The lowest BCUT2D eigenvalue weighted by molar-refractivity contribution is -0.144. The second-order valence-electron chi connectivity index (χ2n) is 8.81. The molecule has 1 fully saturated rings. The van der Waals surface area contributed by atoms with Gasteiger partial charge in [0.05, 0.1) is 24.2 Å². The Balaban J connectivity index is 1.44. The predicted octanol–water partition coefficient (Wildman–Crippen LogP) is 6.82. The van der Waals surface area contributed by atoms with Crippen LogP contribution in [0.4, 0.5) is 0 Å². The number of esters is 1. The standard InChI is InChI=1S/C28H33NO3/c1-31-28(30)27(22-11-6-4-2-3-5-7-12-22)23-15-18-25(19-16-23)32-20-24-17-14-21-10-8-9-13-26(21)29-24/h8-10,13-19,22,27H,2-7,11-12,20H2,1H3. The van der Waals surface area contributed by atoms with Gasteiger partial charge in [-0.3, -0.25) is 4.79 Å². The van der Waals surface area contributed by atoms with Crippen LogP contribution in [0.5, 0.6) is 5.75 Å². The molecule has 0 radical (unpaired) electrons. The molecule has 0 amide bonds. The molecule has 2 aromatic carbocycles. The molecule has 1 aliphatic carbocycles. The maximum atomic E-state index is 12.7. The minimum Gasteiger partial charge on any atom is -0.487 e. The molecular weight excluding hydrogens is 398 g/mol. The van der Waals surface area contributed by atoms with Crippen molar-refractivity contribution in [2.45, 2.75) is 63.9 Å². The van der Waals surface area contributed by atoms with Crippen molar-refractivity contribution in [2.75, 3.05) is 7.11 Å².